The van der Waals surface area contributed by atoms with E-state index in [0.29, 0.717) is 0 Å². The van der Waals surface area contributed by atoms with Crippen molar-refractivity contribution in [1.82, 2.24) is 4.90 Å². The van der Waals surface area contributed by atoms with Gasteiger partial charge in [-0.15, -0.1) is 5.73 Å². The summed E-state index contributed by atoms with van der Waals surface area (Å²) in [4.78, 5) is 2.24. The largest absolute Gasteiger partial charge is 0.401 e. The van der Waals surface area contributed by atoms with Gasteiger partial charge in [0.2, 0.25) is 5.58 Å². The van der Waals surface area contributed by atoms with Gasteiger partial charge in [-0.2, -0.15) is 4.57 Å². The monoisotopic (exact) mass is 351 g/mol. The third-order valence-electron chi connectivity index (χ3n) is 4.51. The molecule has 26 heavy (non-hydrogen) atoms. The maximum Gasteiger partial charge on any atom is 0.352 e. The van der Waals surface area contributed by atoms with Crippen LogP contribution in [-0.2, 0) is 13.5 Å². The number of quaternary nitrogens is 1. The number of rotatable bonds is 6. The van der Waals surface area contributed by atoms with E-state index in [2.05, 4.69) is 67.0 Å². The Labute approximate surface area is 156 Å². The summed E-state index contributed by atoms with van der Waals surface area (Å²) in [6, 6.07) is 8.10. The highest BCUT2D eigenvalue weighted by Crippen LogP contribution is 2.13. The topological polar surface area (TPSA) is 20.3 Å². The molecule has 0 N–H and O–H groups in total. The van der Waals surface area contributed by atoms with Crippen molar-refractivity contribution in [1.29, 1.82) is 0 Å². The molecule has 0 saturated heterocycles. The predicted molar refractivity (Wildman–Crippen MR) is 105 cm³/mol. The molecule has 0 unspecified atom stereocenters. The summed E-state index contributed by atoms with van der Waals surface area (Å²) in [6.45, 7) is 2.23. The van der Waals surface area contributed by atoms with Gasteiger partial charge in [-0.25, -0.2) is 0 Å². The van der Waals surface area contributed by atoms with Crippen LogP contribution in [-0.4, -0.2) is 43.6 Å². The first-order chi connectivity index (χ1) is 12.4. The van der Waals surface area contributed by atoms with Gasteiger partial charge in [0.15, 0.2) is 0 Å². The SMILES string of the molecule is C[n+]1c(CC=C=C2C=CN(CCC[N+](C)(C)C)C=C2)oc2ccccc21. The van der Waals surface area contributed by atoms with E-state index < -0.39 is 0 Å². The fourth-order valence-corrected chi connectivity index (χ4v) is 3.02. The first kappa shape index (κ1) is 18.2. The van der Waals surface area contributed by atoms with E-state index in [9.17, 15) is 0 Å². The standard InChI is InChI=1S/C22H29N3O/c1-23-20-10-5-6-11-21(20)26-22(23)12-7-9-19-13-16-24(17-14-19)15-8-18-25(2,3)4/h5-7,10-11,13-14,16-17H,8,12,15,18H2,1-4H3/q+2. The third-order valence-corrected chi connectivity index (χ3v) is 4.51. The Morgan fingerprint density at radius 2 is 1.88 bits per heavy atom. The quantitative estimate of drug-likeness (QED) is 0.452. The molecule has 0 fully saturated rings. The molecule has 1 aromatic carbocycles. The lowest BCUT2D eigenvalue weighted by molar-refractivity contribution is -0.870. The molecule has 0 radical (unpaired) electrons. The van der Waals surface area contributed by atoms with E-state index in [1.165, 1.54) is 13.0 Å². The molecular weight excluding hydrogens is 322 g/mol. The minimum atomic E-state index is 0.726. The Balaban J connectivity index is 1.58. The molecule has 0 atom stereocenters. The molecule has 0 aliphatic carbocycles. The van der Waals surface area contributed by atoms with Crippen LogP contribution in [0.1, 0.15) is 12.3 Å². The van der Waals surface area contributed by atoms with E-state index >= 15 is 0 Å². The highest BCUT2D eigenvalue weighted by Gasteiger charge is 2.16. The van der Waals surface area contributed by atoms with Gasteiger partial charge in [0.1, 0.15) is 7.05 Å². The average Bonchev–Trinajstić information content (AvgIpc) is 2.92. The van der Waals surface area contributed by atoms with Crippen molar-refractivity contribution in [2.45, 2.75) is 12.8 Å². The smallest absolute Gasteiger partial charge is 0.352 e. The lowest BCUT2D eigenvalue weighted by atomic mass is 10.2. The Bertz CT molecular complexity index is 874. The van der Waals surface area contributed by atoms with E-state index in [0.717, 1.165) is 40.0 Å². The first-order valence-corrected chi connectivity index (χ1v) is 9.17. The maximum absolute atomic E-state index is 5.91. The molecule has 2 aromatic rings. The molecule has 4 nitrogen and oxygen atoms in total. The second-order valence-corrected chi connectivity index (χ2v) is 7.77. The zero-order chi connectivity index (χ0) is 18.6. The number of nitrogens with zero attached hydrogens (tertiary/aromatic N) is 3. The van der Waals surface area contributed by atoms with Crippen molar-refractivity contribution in [2.24, 2.45) is 7.05 Å². The van der Waals surface area contributed by atoms with Crippen molar-refractivity contribution in [3.63, 3.8) is 0 Å². The molecule has 1 aliphatic heterocycles. The summed E-state index contributed by atoms with van der Waals surface area (Å²) >= 11 is 0. The van der Waals surface area contributed by atoms with Gasteiger partial charge in [0, 0.05) is 37.0 Å². The summed E-state index contributed by atoms with van der Waals surface area (Å²) in [7, 11) is 8.73. The van der Waals surface area contributed by atoms with Gasteiger partial charge < -0.3 is 13.8 Å². The third kappa shape index (κ3) is 4.75. The summed E-state index contributed by atoms with van der Waals surface area (Å²) in [5.74, 6) is 0.935. The van der Waals surface area contributed by atoms with Gasteiger partial charge in [-0.05, 0) is 24.3 Å². The maximum atomic E-state index is 5.91. The highest BCUT2D eigenvalue weighted by molar-refractivity contribution is 5.68. The Morgan fingerprint density at radius 1 is 1.15 bits per heavy atom. The molecule has 0 amide bonds. The van der Waals surface area contributed by atoms with Crippen LogP contribution in [0.4, 0.5) is 0 Å². The van der Waals surface area contributed by atoms with Crippen LogP contribution < -0.4 is 4.57 Å². The van der Waals surface area contributed by atoms with Gasteiger partial charge >= 0.3 is 5.89 Å². The molecule has 1 aliphatic rings. The van der Waals surface area contributed by atoms with Crippen LogP contribution in [0.3, 0.4) is 0 Å². The average molecular weight is 351 g/mol. The number of oxazole rings is 1. The molecule has 136 valence electrons. The minimum absolute atomic E-state index is 0.726. The van der Waals surface area contributed by atoms with Gasteiger partial charge in [0.25, 0.3) is 5.52 Å². The number of aryl methyl sites for hydroxylation is 1. The van der Waals surface area contributed by atoms with Crippen LogP contribution in [0.5, 0.6) is 0 Å². The first-order valence-electron chi connectivity index (χ1n) is 9.17. The molecule has 0 bridgehead atoms. The molecular formula is C22H29N3O+2. The van der Waals surface area contributed by atoms with E-state index in [1.54, 1.807) is 0 Å². The number of para-hydroxylation sites is 2. The molecule has 0 saturated carbocycles. The second kappa shape index (κ2) is 7.77. The van der Waals surface area contributed by atoms with Gasteiger partial charge in [-0.3, -0.25) is 0 Å². The molecule has 2 heterocycles. The fourth-order valence-electron chi connectivity index (χ4n) is 3.02. The van der Waals surface area contributed by atoms with Crippen molar-refractivity contribution in [3.8, 4) is 0 Å². The van der Waals surface area contributed by atoms with Crippen LogP contribution in [0.15, 0.2) is 70.6 Å². The summed E-state index contributed by atoms with van der Waals surface area (Å²) < 4.78 is 9.02. The number of allylic oxidation sites excluding steroid dienone is 3. The lowest BCUT2D eigenvalue weighted by Crippen LogP contribution is -2.36. The Kier molecular flexibility index (Phi) is 5.46. The number of aromatic nitrogens is 1. The Morgan fingerprint density at radius 3 is 2.58 bits per heavy atom. The zero-order valence-corrected chi connectivity index (χ0v) is 16.3. The number of hydrogen-bond acceptors (Lipinski definition) is 2. The Hall–Kier alpha value is -2.55. The van der Waals surface area contributed by atoms with Gasteiger partial charge in [-0.1, -0.05) is 12.1 Å². The molecule has 3 rings (SSSR count). The normalized spacial score (nSPS) is 14.2. The summed E-state index contributed by atoms with van der Waals surface area (Å²) in [5.41, 5.74) is 6.49. The zero-order valence-electron chi connectivity index (χ0n) is 16.3. The van der Waals surface area contributed by atoms with Gasteiger partial charge in [0.05, 0.1) is 34.1 Å². The van der Waals surface area contributed by atoms with E-state index in [-0.39, 0.29) is 0 Å². The van der Waals surface area contributed by atoms with Crippen LogP contribution in [0.25, 0.3) is 11.1 Å². The van der Waals surface area contributed by atoms with Crippen LogP contribution in [0.2, 0.25) is 0 Å². The molecule has 1 aromatic heterocycles. The lowest BCUT2D eigenvalue weighted by Gasteiger charge is -2.25. The predicted octanol–water partition coefficient (Wildman–Crippen LogP) is 3.32. The number of benzene rings is 1. The van der Waals surface area contributed by atoms with Crippen LogP contribution in [0, 0.1) is 0 Å². The van der Waals surface area contributed by atoms with Crippen molar-refractivity contribution in [3.05, 3.63) is 72.1 Å². The molecule has 4 heteroatoms. The summed E-state index contributed by atoms with van der Waals surface area (Å²) in [5, 5.41) is 0. The van der Waals surface area contributed by atoms with E-state index in [4.69, 9.17) is 4.42 Å². The fraction of sp³-hybridized carbons (Fsp3) is 0.364. The van der Waals surface area contributed by atoms with Crippen molar-refractivity contribution >= 4 is 11.1 Å². The van der Waals surface area contributed by atoms with E-state index in [1.807, 2.05) is 31.3 Å². The van der Waals surface area contributed by atoms with Crippen molar-refractivity contribution < 1.29 is 13.5 Å². The minimum Gasteiger partial charge on any atom is -0.401 e. The number of fused-ring (bicyclic) bond motifs is 1. The molecule has 0 spiro atoms. The second-order valence-electron chi connectivity index (χ2n) is 7.77. The van der Waals surface area contributed by atoms with Crippen molar-refractivity contribution in [2.75, 3.05) is 34.2 Å². The highest BCUT2D eigenvalue weighted by atomic mass is 16.4. The number of hydrogen-bond donors (Lipinski definition) is 0. The van der Waals surface area contributed by atoms with Crippen LogP contribution >= 0.6 is 0 Å². The summed E-state index contributed by atoms with van der Waals surface area (Å²) in [6.07, 6.45) is 12.4.